The number of hydrogen-bond donors (Lipinski definition) is 2. The van der Waals surface area contributed by atoms with E-state index >= 15 is 0 Å². The van der Waals surface area contributed by atoms with Gasteiger partial charge in [0.1, 0.15) is 5.75 Å². The number of aryl methyl sites for hydroxylation is 2. The summed E-state index contributed by atoms with van der Waals surface area (Å²) >= 11 is 0. The molecule has 6 nitrogen and oxygen atoms in total. The Labute approximate surface area is 152 Å². The van der Waals surface area contributed by atoms with Gasteiger partial charge in [0.2, 0.25) is 0 Å². The molecule has 0 unspecified atom stereocenters. The van der Waals surface area contributed by atoms with Crippen LogP contribution in [-0.4, -0.2) is 27.7 Å². The van der Waals surface area contributed by atoms with E-state index in [4.69, 9.17) is 4.74 Å². The highest BCUT2D eigenvalue weighted by atomic mass is 16.5. The van der Waals surface area contributed by atoms with Gasteiger partial charge in [-0.15, -0.1) is 0 Å². The van der Waals surface area contributed by atoms with E-state index in [1.54, 1.807) is 0 Å². The number of ether oxygens (including phenoxy) is 1. The van der Waals surface area contributed by atoms with Crippen molar-refractivity contribution in [1.82, 2.24) is 20.5 Å². The average molecular weight is 350 g/mol. The molecule has 0 saturated heterocycles. The van der Waals surface area contributed by atoms with E-state index in [0.29, 0.717) is 12.3 Å². The van der Waals surface area contributed by atoms with Crippen LogP contribution in [0.3, 0.4) is 0 Å². The molecule has 1 aliphatic carbocycles. The Morgan fingerprint density at radius 1 is 1.27 bits per heavy atom. The number of aromatic amines is 1. The number of nitrogens with one attached hydrogen (secondary N) is 2. The van der Waals surface area contributed by atoms with Crippen molar-refractivity contribution < 1.29 is 9.53 Å². The minimum absolute atomic E-state index is 0.0277. The standard InChI is InChI=1S/C20H22N4O2/c1-13-10-19(15-7-3-4-8-16(15)22-13)26-12-20(25)21-11-18-14-6-2-5-9-17(14)23-24-18/h3-4,7-8,10H,2,5-6,9,11-12H2,1H3,(H,21,25)(H,23,24). The SMILES string of the molecule is Cc1cc(OCC(=O)NCc2n[nH]c3c2CCCC3)c2ccccc2n1. The van der Waals surface area contributed by atoms with E-state index < -0.39 is 0 Å². The van der Waals surface area contributed by atoms with Crippen molar-refractivity contribution in [3.63, 3.8) is 0 Å². The third-order valence-electron chi connectivity index (χ3n) is 4.76. The monoisotopic (exact) mass is 350 g/mol. The van der Waals surface area contributed by atoms with Crippen molar-refractivity contribution in [2.75, 3.05) is 6.61 Å². The number of nitrogens with zero attached hydrogens (tertiary/aromatic N) is 2. The number of amides is 1. The predicted molar refractivity (Wildman–Crippen MR) is 99.1 cm³/mol. The summed E-state index contributed by atoms with van der Waals surface area (Å²) < 4.78 is 5.76. The van der Waals surface area contributed by atoms with Crippen LogP contribution in [-0.2, 0) is 24.2 Å². The van der Waals surface area contributed by atoms with Crippen molar-refractivity contribution in [2.45, 2.75) is 39.2 Å². The lowest BCUT2D eigenvalue weighted by Gasteiger charge is -2.12. The number of hydrogen-bond acceptors (Lipinski definition) is 4. The minimum atomic E-state index is -0.156. The molecule has 0 aliphatic heterocycles. The summed E-state index contributed by atoms with van der Waals surface area (Å²) in [5, 5.41) is 11.3. The van der Waals surface area contributed by atoms with Gasteiger partial charge in [0.15, 0.2) is 6.61 Å². The molecular weight excluding hydrogens is 328 g/mol. The fourth-order valence-corrected chi connectivity index (χ4v) is 3.46. The van der Waals surface area contributed by atoms with Gasteiger partial charge in [-0.1, -0.05) is 12.1 Å². The number of aromatic nitrogens is 3. The molecule has 4 rings (SSSR count). The number of carbonyl (C=O) groups excluding carboxylic acids is 1. The van der Waals surface area contributed by atoms with Crippen LogP contribution in [0.2, 0.25) is 0 Å². The van der Waals surface area contributed by atoms with Gasteiger partial charge in [0, 0.05) is 22.8 Å². The molecule has 0 bridgehead atoms. The van der Waals surface area contributed by atoms with E-state index in [2.05, 4.69) is 20.5 Å². The maximum Gasteiger partial charge on any atom is 0.258 e. The van der Waals surface area contributed by atoms with Gasteiger partial charge in [-0.25, -0.2) is 0 Å². The average Bonchev–Trinajstić information content (AvgIpc) is 3.07. The molecule has 134 valence electrons. The first-order valence-electron chi connectivity index (χ1n) is 9.01. The zero-order valence-corrected chi connectivity index (χ0v) is 14.8. The Morgan fingerprint density at radius 3 is 3.04 bits per heavy atom. The van der Waals surface area contributed by atoms with Crippen molar-refractivity contribution in [2.24, 2.45) is 0 Å². The maximum atomic E-state index is 12.2. The lowest BCUT2D eigenvalue weighted by Crippen LogP contribution is -2.29. The molecule has 0 atom stereocenters. The second kappa shape index (κ2) is 7.15. The third-order valence-corrected chi connectivity index (χ3v) is 4.76. The Morgan fingerprint density at radius 2 is 2.12 bits per heavy atom. The van der Waals surface area contributed by atoms with E-state index in [1.165, 1.54) is 24.1 Å². The Bertz CT molecular complexity index is 948. The van der Waals surface area contributed by atoms with Crippen LogP contribution < -0.4 is 10.1 Å². The minimum Gasteiger partial charge on any atom is -0.483 e. The van der Waals surface area contributed by atoms with Gasteiger partial charge in [0.05, 0.1) is 17.8 Å². The van der Waals surface area contributed by atoms with Crippen LogP contribution >= 0.6 is 0 Å². The molecule has 1 aromatic carbocycles. The van der Waals surface area contributed by atoms with Crippen LogP contribution in [0.1, 0.15) is 35.5 Å². The number of fused-ring (bicyclic) bond motifs is 2. The number of H-pyrrole nitrogens is 1. The van der Waals surface area contributed by atoms with E-state index in [1.807, 2.05) is 37.3 Å². The van der Waals surface area contributed by atoms with Gasteiger partial charge in [-0.3, -0.25) is 14.9 Å². The van der Waals surface area contributed by atoms with Crippen LogP contribution in [0.5, 0.6) is 5.75 Å². The molecule has 3 aromatic rings. The largest absolute Gasteiger partial charge is 0.483 e. The summed E-state index contributed by atoms with van der Waals surface area (Å²) in [5.41, 5.74) is 5.16. The molecule has 1 amide bonds. The summed E-state index contributed by atoms with van der Waals surface area (Å²) in [7, 11) is 0. The van der Waals surface area contributed by atoms with Gasteiger partial charge in [-0.05, 0) is 50.3 Å². The molecule has 6 heteroatoms. The van der Waals surface area contributed by atoms with Crippen LogP contribution in [0.4, 0.5) is 0 Å². The van der Waals surface area contributed by atoms with Crippen LogP contribution in [0.25, 0.3) is 10.9 Å². The second-order valence-corrected chi connectivity index (χ2v) is 6.68. The zero-order chi connectivity index (χ0) is 17.9. The normalized spacial score (nSPS) is 13.4. The molecule has 0 spiro atoms. The maximum absolute atomic E-state index is 12.2. The first-order chi connectivity index (χ1) is 12.7. The topological polar surface area (TPSA) is 79.9 Å². The van der Waals surface area contributed by atoms with Crippen molar-refractivity contribution in [1.29, 1.82) is 0 Å². The number of para-hydroxylation sites is 1. The quantitative estimate of drug-likeness (QED) is 0.741. The molecule has 0 saturated carbocycles. The summed E-state index contributed by atoms with van der Waals surface area (Å²) in [5.74, 6) is 0.525. The van der Waals surface area contributed by atoms with E-state index in [0.717, 1.165) is 35.1 Å². The number of carbonyl (C=O) groups is 1. The number of benzene rings is 1. The zero-order valence-electron chi connectivity index (χ0n) is 14.8. The van der Waals surface area contributed by atoms with Gasteiger partial charge in [-0.2, -0.15) is 5.10 Å². The fourth-order valence-electron chi connectivity index (χ4n) is 3.46. The van der Waals surface area contributed by atoms with Crippen molar-refractivity contribution in [3.8, 4) is 5.75 Å². The third kappa shape index (κ3) is 3.40. The smallest absolute Gasteiger partial charge is 0.258 e. The molecule has 0 radical (unpaired) electrons. The Hall–Kier alpha value is -2.89. The first kappa shape index (κ1) is 16.6. The summed E-state index contributed by atoms with van der Waals surface area (Å²) in [6.07, 6.45) is 4.48. The predicted octanol–water partition coefficient (Wildman–Crippen LogP) is 2.84. The lowest BCUT2D eigenvalue weighted by molar-refractivity contribution is -0.123. The number of pyridine rings is 1. The fraction of sp³-hybridized carbons (Fsp3) is 0.350. The first-order valence-corrected chi connectivity index (χ1v) is 9.01. The van der Waals surface area contributed by atoms with Gasteiger partial charge < -0.3 is 10.1 Å². The van der Waals surface area contributed by atoms with Gasteiger partial charge in [0.25, 0.3) is 5.91 Å². The number of rotatable bonds is 5. The van der Waals surface area contributed by atoms with E-state index in [-0.39, 0.29) is 12.5 Å². The molecular formula is C20H22N4O2. The molecule has 2 N–H and O–H groups in total. The van der Waals surface area contributed by atoms with Crippen LogP contribution in [0, 0.1) is 6.92 Å². The van der Waals surface area contributed by atoms with Crippen molar-refractivity contribution in [3.05, 3.63) is 53.0 Å². The Kier molecular flexibility index (Phi) is 4.56. The molecule has 2 heterocycles. The lowest BCUT2D eigenvalue weighted by atomic mass is 9.96. The summed E-state index contributed by atoms with van der Waals surface area (Å²) in [6, 6.07) is 9.63. The second-order valence-electron chi connectivity index (χ2n) is 6.68. The highest BCUT2D eigenvalue weighted by molar-refractivity contribution is 5.86. The van der Waals surface area contributed by atoms with E-state index in [9.17, 15) is 4.79 Å². The van der Waals surface area contributed by atoms with Crippen LogP contribution in [0.15, 0.2) is 30.3 Å². The molecule has 26 heavy (non-hydrogen) atoms. The molecule has 0 fully saturated rings. The highest BCUT2D eigenvalue weighted by Gasteiger charge is 2.17. The highest BCUT2D eigenvalue weighted by Crippen LogP contribution is 2.25. The summed E-state index contributed by atoms with van der Waals surface area (Å²) in [6.45, 7) is 2.32. The Balaban J connectivity index is 1.38. The summed E-state index contributed by atoms with van der Waals surface area (Å²) in [4.78, 5) is 16.7. The van der Waals surface area contributed by atoms with Gasteiger partial charge >= 0.3 is 0 Å². The van der Waals surface area contributed by atoms with Crippen molar-refractivity contribution >= 4 is 16.8 Å². The molecule has 2 aromatic heterocycles. The molecule has 1 aliphatic rings.